The molecule has 1 unspecified atom stereocenters. The first kappa shape index (κ1) is 22.8. The van der Waals surface area contributed by atoms with Gasteiger partial charge < -0.3 is 14.4 Å². The van der Waals surface area contributed by atoms with E-state index in [0.29, 0.717) is 6.54 Å². The molecular formula is C24H34N2O3. The summed E-state index contributed by atoms with van der Waals surface area (Å²) in [5.41, 5.74) is 2.17. The van der Waals surface area contributed by atoms with Gasteiger partial charge in [0.05, 0.1) is 7.11 Å². The monoisotopic (exact) mass is 398 g/mol. The Bertz CT molecular complexity index is 736. The van der Waals surface area contributed by atoms with Gasteiger partial charge in [-0.15, -0.1) is 0 Å². The minimum absolute atomic E-state index is 0.0704. The van der Waals surface area contributed by atoms with E-state index in [1.165, 1.54) is 5.56 Å². The molecule has 0 bridgehead atoms. The van der Waals surface area contributed by atoms with E-state index in [1.54, 1.807) is 12.0 Å². The minimum Gasteiger partial charge on any atom is -0.497 e. The first-order valence-corrected chi connectivity index (χ1v) is 10.2. The molecule has 2 aromatic carbocycles. The number of likely N-dealkylation sites (N-methyl/N-ethyl adjacent to an activating group) is 1. The van der Waals surface area contributed by atoms with Crippen molar-refractivity contribution in [3.05, 3.63) is 65.7 Å². The van der Waals surface area contributed by atoms with Crippen molar-refractivity contribution in [1.29, 1.82) is 0 Å². The number of amides is 1. The number of nitrogens with zero attached hydrogens (tertiary/aromatic N) is 2. The fourth-order valence-electron chi connectivity index (χ4n) is 3.47. The highest BCUT2D eigenvalue weighted by molar-refractivity contribution is 5.68. The van der Waals surface area contributed by atoms with Gasteiger partial charge in [-0.2, -0.15) is 0 Å². The van der Waals surface area contributed by atoms with E-state index in [-0.39, 0.29) is 24.3 Å². The van der Waals surface area contributed by atoms with Gasteiger partial charge in [0.15, 0.2) is 0 Å². The van der Waals surface area contributed by atoms with Crippen molar-refractivity contribution < 1.29 is 14.3 Å². The zero-order valence-electron chi connectivity index (χ0n) is 18.5. The third-order valence-corrected chi connectivity index (χ3v) is 4.83. The Labute approximate surface area is 175 Å². The van der Waals surface area contributed by atoms with Gasteiger partial charge in [0.1, 0.15) is 11.9 Å². The quantitative estimate of drug-likeness (QED) is 0.588. The lowest BCUT2D eigenvalue weighted by atomic mass is 10.1. The molecule has 0 fully saturated rings. The average molecular weight is 399 g/mol. The van der Waals surface area contributed by atoms with Gasteiger partial charge in [0, 0.05) is 25.2 Å². The highest BCUT2D eigenvalue weighted by Gasteiger charge is 2.26. The number of methoxy groups -OCH3 is 1. The van der Waals surface area contributed by atoms with Gasteiger partial charge >= 0.3 is 6.09 Å². The smallest absolute Gasteiger partial charge is 0.410 e. The summed E-state index contributed by atoms with van der Waals surface area (Å²) >= 11 is 0. The van der Waals surface area contributed by atoms with Crippen molar-refractivity contribution in [1.82, 2.24) is 9.80 Å². The van der Waals surface area contributed by atoms with Gasteiger partial charge in [0.2, 0.25) is 0 Å². The molecule has 0 spiro atoms. The molecule has 0 saturated carbocycles. The summed E-state index contributed by atoms with van der Waals surface area (Å²) in [6, 6.07) is 18.1. The van der Waals surface area contributed by atoms with Crippen LogP contribution < -0.4 is 4.74 Å². The number of hydrogen-bond acceptors (Lipinski definition) is 4. The molecule has 1 atom stereocenters. The molecule has 0 N–H and O–H groups in total. The molecule has 5 nitrogen and oxygen atoms in total. The lowest BCUT2D eigenvalue weighted by molar-refractivity contribution is 0.0314. The standard InChI is InChI=1S/C24H34N2O3/c1-18(2)26(19(3)4)24(27)29-23(21-12-14-22(28-6)15-13-21)17-25(5)16-20-10-8-7-9-11-20/h7-15,18-19,23H,16-17H2,1-6H3. The maximum atomic E-state index is 12.9. The fraction of sp³-hybridized carbons (Fsp3) is 0.458. The molecule has 0 saturated heterocycles. The molecule has 2 aromatic rings. The second-order valence-corrected chi connectivity index (χ2v) is 7.92. The van der Waals surface area contributed by atoms with E-state index in [1.807, 2.05) is 77.2 Å². The third-order valence-electron chi connectivity index (χ3n) is 4.83. The second-order valence-electron chi connectivity index (χ2n) is 7.92. The maximum absolute atomic E-state index is 12.9. The Morgan fingerprint density at radius 2 is 1.52 bits per heavy atom. The Morgan fingerprint density at radius 1 is 0.931 bits per heavy atom. The summed E-state index contributed by atoms with van der Waals surface area (Å²) in [7, 11) is 3.68. The summed E-state index contributed by atoms with van der Waals surface area (Å²) < 4.78 is 11.3. The molecular weight excluding hydrogens is 364 g/mol. The highest BCUT2D eigenvalue weighted by Crippen LogP contribution is 2.24. The number of ether oxygens (including phenoxy) is 2. The van der Waals surface area contributed by atoms with E-state index in [4.69, 9.17) is 9.47 Å². The molecule has 0 aromatic heterocycles. The van der Waals surface area contributed by atoms with Crippen LogP contribution in [0.5, 0.6) is 5.75 Å². The zero-order valence-corrected chi connectivity index (χ0v) is 18.5. The topological polar surface area (TPSA) is 42.0 Å². The lowest BCUT2D eigenvalue weighted by Crippen LogP contribution is -2.43. The molecule has 1 amide bonds. The van der Waals surface area contributed by atoms with Crippen LogP contribution in [0.2, 0.25) is 0 Å². The van der Waals surface area contributed by atoms with Crippen LogP contribution in [0.3, 0.4) is 0 Å². The van der Waals surface area contributed by atoms with Crippen LogP contribution in [0.15, 0.2) is 54.6 Å². The molecule has 0 aliphatic heterocycles. The molecule has 2 rings (SSSR count). The average Bonchev–Trinajstić information content (AvgIpc) is 2.67. The predicted molar refractivity (Wildman–Crippen MR) is 117 cm³/mol. The summed E-state index contributed by atoms with van der Waals surface area (Å²) in [6.45, 7) is 9.40. The van der Waals surface area contributed by atoms with E-state index in [9.17, 15) is 4.79 Å². The van der Waals surface area contributed by atoms with Gasteiger partial charge in [-0.05, 0) is 58.0 Å². The van der Waals surface area contributed by atoms with E-state index >= 15 is 0 Å². The molecule has 0 aliphatic carbocycles. The van der Waals surface area contributed by atoms with Crippen LogP contribution in [0.25, 0.3) is 0 Å². The number of benzene rings is 2. The second kappa shape index (κ2) is 10.9. The van der Waals surface area contributed by atoms with Crippen LogP contribution in [0.4, 0.5) is 4.79 Å². The fourth-order valence-corrected chi connectivity index (χ4v) is 3.47. The van der Waals surface area contributed by atoms with Crippen molar-refractivity contribution in [2.24, 2.45) is 0 Å². The van der Waals surface area contributed by atoms with Gasteiger partial charge in [-0.25, -0.2) is 4.79 Å². The minimum atomic E-state index is -0.373. The van der Waals surface area contributed by atoms with Gasteiger partial charge in [-0.1, -0.05) is 42.5 Å². The van der Waals surface area contributed by atoms with Crippen molar-refractivity contribution in [2.75, 3.05) is 20.7 Å². The molecule has 0 heterocycles. The Kier molecular flexibility index (Phi) is 8.52. The Hall–Kier alpha value is -2.53. The van der Waals surface area contributed by atoms with Crippen LogP contribution in [0.1, 0.15) is 44.9 Å². The summed E-state index contributed by atoms with van der Waals surface area (Å²) in [4.78, 5) is 16.9. The molecule has 158 valence electrons. The number of carbonyl (C=O) groups is 1. The van der Waals surface area contributed by atoms with E-state index in [0.717, 1.165) is 17.9 Å². The largest absolute Gasteiger partial charge is 0.497 e. The van der Waals surface area contributed by atoms with E-state index in [2.05, 4.69) is 17.0 Å². The summed E-state index contributed by atoms with van der Waals surface area (Å²) in [5.74, 6) is 0.780. The van der Waals surface area contributed by atoms with Crippen molar-refractivity contribution in [3.63, 3.8) is 0 Å². The van der Waals surface area contributed by atoms with Gasteiger partial charge in [0.25, 0.3) is 0 Å². The SMILES string of the molecule is COc1ccc(C(CN(C)Cc2ccccc2)OC(=O)N(C(C)C)C(C)C)cc1. The van der Waals surface area contributed by atoms with Crippen molar-refractivity contribution >= 4 is 6.09 Å². The van der Waals surface area contributed by atoms with E-state index < -0.39 is 0 Å². The highest BCUT2D eigenvalue weighted by atomic mass is 16.6. The van der Waals surface area contributed by atoms with Crippen LogP contribution >= 0.6 is 0 Å². The maximum Gasteiger partial charge on any atom is 0.410 e. The first-order chi connectivity index (χ1) is 13.8. The number of carbonyl (C=O) groups excluding carboxylic acids is 1. The normalized spacial score (nSPS) is 12.3. The van der Waals surface area contributed by atoms with Crippen LogP contribution in [0, 0.1) is 0 Å². The van der Waals surface area contributed by atoms with Crippen molar-refractivity contribution in [3.8, 4) is 5.75 Å². The van der Waals surface area contributed by atoms with Crippen LogP contribution in [-0.2, 0) is 11.3 Å². The van der Waals surface area contributed by atoms with Crippen LogP contribution in [-0.4, -0.2) is 48.7 Å². The van der Waals surface area contributed by atoms with Gasteiger partial charge in [-0.3, -0.25) is 4.90 Å². The Morgan fingerprint density at radius 3 is 2.03 bits per heavy atom. The molecule has 0 aliphatic rings. The Balaban J connectivity index is 2.19. The summed E-state index contributed by atoms with van der Waals surface area (Å²) in [5, 5.41) is 0. The summed E-state index contributed by atoms with van der Waals surface area (Å²) in [6.07, 6.45) is -0.661. The molecule has 29 heavy (non-hydrogen) atoms. The first-order valence-electron chi connectivity index (χ1n) is 10.2. The zero-order chi connectivity index (χ0) is 21.4. The van der Waals surface area contributed by atoms with Crippen molar-refractivity contribution in [2.45, 2.75) is 52.4 Å². The molecule has 0 radical (unpaired) electrons. The number of rotatable bonds is 9. The lowest BCUT2D eigenvalue weighted by Gasteiger charge is -2.32. The molecule has 5 heteroatoms. The number of hydrogen-bond donors (Lipinski definition) is 0. The third kappa shape index (κ3) is 6.79. The predicted octanol–water partition coefficient (Wildman–Crippen LogP) is 5.12.